The predicted molar refractivity (Wildman–Crippen MR) is 86.2 cm³/mol. The van der Waals surface area contributed by atoms with Crippen LogP contribution >= 0.6 is 0 Å². The van der Waals surface area contributed by atoms with E-state index in [0.717, 1.165) is 25.7 Å². The van der Waals surface area contributed by atoms with E-state index >= 15 is 0 Å². The maximum absolute atomic E-state index is 12.8. The van der Waals surface area contributed by atoms with Gasteiger partial charge in [0.1, 0.15) is 17.8 Å². The van der Waals surface area contributed by atoms with Crippen molar-refractivity contribution >= 4 is 5.91 Å². The molecule has 3 rings (SSSR count). The minimum absolute atomic E-state index is 0.0857. The summed E-state index contributed by atoms with van der Waals surface area (Å²) < 4.78 is 23.6. The van der Waals surface area contributed by atoms with Crippen LogP contribution in [0.2, 0.25) is 0 Å². The molecule has 1 heterocycles. The van der Waals surface area contributed by atoms with Crippen LogP contribution in [0.1, 0.15) is 54.9 Å². The Labute approximate surface area is 140 Å². The van der Waals surface area contributed by atoms with Crippen molar-refractivity contribution in [2.45, 2.75) is 51.2 Å². The summed E-state index contributed by atoms with van der Waals surface area (Å²) in [5, 5.41) is 3.02. The first-order valence-electron chi connectivity index (χ1n) is 8.34. The summed E-state index contributed by atoms with van der Waals surface area (Å²) in [5.41, 5.74) is 0.261. The minimum Gasteiger partial charge on any atom is -0.484 e. The van der Waals surface area contributed by atoms with Gasteiger partial charge in [0.25, 0.3) is 5.91 Å². The highest BCUT2D eigenvalue weighted by Gasteiger charge is 2.18. The van der Waals surface area contributed by atoms with E-state index in [1.54, 1.807) is 0 Å². The lowest BCUT2D eigenvalue weighted by atomic mass is 10.1. The Kier molecular flexibility index (Phi) is 5.46. The second-order valence-corrected chi connectivity index (χ2v) is 6.03. The van der Waals surface area contributed by atoms with Crippen LogP contribution in [0.5, 0.6) is 5.75 Å². The van der Waals surface area contributed by atoms with Gasteiger partial charge in [-0.3, -0.25) is 4.79 Å². The summed E-state index contributed by atoms with van der Waals surface area (Å²) in [5.74, 6) is 0.291. The molecular formula is C18H21FN2O3. The molecule has 0 atom stereocenters. The van der Waals surface area contributed by atoms with E-state index in [0.29, 0.717) is 11.6 Å². The number of benzene rings is 1. The van der Waals surface area contributed by atoms with Gasteiger partial charge in [0.2, 0.25) is 5.89 Å². The molecule has 0 radical (unpaired) electrons. The van der Waals surface area contributed by atoms with Gasteiger partial charge in [-0.25, -0.2) is 9.37 Å². The van der Waals surface area contributed by atoms with E-state index in [1.165, 1.54) is 43.4 Å². The van der Waals surface area contributed by atoms with E-state index in [1.807, 2.05) is 0 Å². The molecule has 1 aromatic carbocycles. The molecule has 0 spiro atoms. The first-order valence-corrected chi connectivity index (χ1v) is 8.34. The number of rotatable bonds is 5. The Morgan fingerprint density at radius 1 is 1.21 bits per heavy atom. The second-order valence-electron chi connectivity index (χ2n) is 6.03. The first kappa shape index (κ1) is 16.5. The number of halogens is 1. The standard InChI is InChI=1S/C18H21FN2O3/c19-13-7-9-15(10-8-13)23-12-17-21-16(11-24-17)18(22)20-14-5-3-1-2-4-6-14/h7-11,14H,1-6,12H2,(H,20,22). The molecule has 0 bridgehead atoms. The number of oxazole rings is 1. The highest BCUT2D eigenvalue weighted by molar-refractivity contribution is 5.92. The molecule has 1 aliphatic carbocycles. The summed E-state index contributed by atoms with van der Waals surface area (Å²) in [6, 6.07) is 5.90. The molecule has 0 aliphatic heterocycles. The normalized spacial score (nSPS) is 15.7. The number of nitrogens with one attached hydrogen (secondary N) is 1. The Balaban J connectivity index is 1.52. The van der Waals surface area contributed by atoms with E-state index in [4.69, 9.17) is 9.15 Å². The smallest absolute Gasteiger partial charge is 0.273 e. The van der Waals surface area contributed by atoms with Crippen LogP contribution in [0.4, 0.5) is 4.39 Å². The average molecular weight is 332 g/mol. The van der Waals surface area contributed by atoms with Crippen LogP contribution in [0, 0.1) is 5.82 Å². The summed E-state index contributed by atoms with van der Waals surface area (Å²) in [6.45, 7) is 0.0857. The fourth-order valence-electron chi connectivity index (χ4n) is 2.84. The highest BCUT2D eigenvalue weighted by atomic mass is 19.1. The van der Waals surface area contributed by atoms with Crippen LogP contribution in [-0.2, 0) is 6.61 Å². The third-order valence-corrected chi connectivity index (χ3v) is 4.15. The van der Waals surface area contributed by atoms with Crippen LogP contribution in [0.25, 0.3) is 0 Å². The van der Waals surface area contributed by atoms with Crippen molar-refractivity contribution in [3.63, 3.8) is 0 Å². The number of ether oxygens (including phenoxy) is 1. The minimum atomic E-state index is -0.323. The number of hydrogen-bond acceptors (Lipinski definition) is 4. The second kappa shape index (κ2) is 7.95. The number of amides is 1. The van der Waals surface area contributed by atoms with Crippen molar-refractivity contribution in [3.05, 3.63) is 47.9 Å². The largest absolute Gasteiger partial charge is 0.484 e. The summed E-state index contributed by atoms with van der Waals surface area (Å²) in [7, 11) is 0. The molecule has 1 aliphatic rings. The van der Waals surface area contributed by atoms with E-state index in [9.17, 15) is 9.18 Å². The average Bonchev–Trinajstić information content (AvgIpc) is 2.92. The number of aromatic nitrogens is 1. The zero-order valence-corrected chi connectivity index (χ0v) is 13.5. The molecule has 5 nitrogen and oxygen atoms in total. The van der Waals surface area contributed by atoms with Crippen LogP contribution in [0.3, 0.4) is 0 Å². The zero-order chi connectivity index (χ0) is 16.8. The van der Waals surface area contributed by atoms with Crippen LogP contribution in [-0.4, -0.2) is 16.9 Å². The lowest BCUT2D eigenvalue weighted by molar-refractivity contribution is 0.0928. The van der Waals surface area contributed by atoms with Crippen LogP contribution in [0.15, 0.2) is 34.9 Å². The third kappa shape index (κ3) is 4.57. The Morgan fingerprint density at radius 3 is 2.62 bits per heavy atom. The van der Waals surface area contributed by atoms with Crippen molar-refractivity contribution in [1.29, 1.82) is 0 Å². The fraction of sp³-hybridized carbons (Fsp3) is 0.444. The molecule has 6 heteroatoms. The lowest BCUT2D eigenvalue weighted by Crippen LogP contribution is -2.34. The first-order chi connectivity index (χ1) is 11.7. The number of hydrogen-bond donors (Lipinski definition) is 1. The van der Waals surface area contributed by atoms with Crippen LogP contribution < -0.4 is 10.1 Å². The van der Waals surface area contributed by atoms with Gasteiger partial charge in [0.05, 0.1) is 0 Å². The molecule has 0 unspecified atom stereocenters. The summed E-state index contributed by atoms with van der Waals surface area (Å²) >= 11 is 0. The molecule has 1 N–H and O–H groups in total. The molecule has 1 saturated carbocycles. The van der Waals surface area contributed by atoms with Gasteiger partial charge < -0.3 is 14.5 Å². The summed E-state index contributed by atoms with van der Waals surface area (Å²) in [6.07, 6.45) is 8.16. The van der Waals surface area contributed by atoms with Gasteiger partial charge in [0, 0.05) is 6.04 Å². The van der Waals surface area contributed by atoms with E-state index in [-0.39, 0.29) is 30.1 Å². The molecule has 1 fully saturated rings. The zero-order valence-electron chi connectivity index (χ0n) is 13.5. The highest BCUT2D eigenvalue weighted by Crippen LogP contribution is 2.18. The number of carbonyl (C=O) groups excluding carboxylic acids is 1. The molecule has 24 heavy (non-hydrogen) atoms. The van der Waals surface area contributed by atoms with Gasteiger partial charge in [-0.15, -0.1) is 0 Å². The SMILES string of the molecule is O=C(NC1CCCCCC1)c1coc(COc2ccc(F)cc2)n1. The molecule has 1 amide bonds. The van der Waals surface area contributed by atoms with Gasteiger partial charge in [0.15, 0.2) is 12.3 Å². The molecule has 2 aromatic rings. The van der Waals surface area contributed by atoms with Crippen molar-refractivity contribution < 1.29 is 18.3 Å². The van der Waals surface area contributed by atoms with Gasteiger partial charge in [-0.2, -0.15) is 0 Å². The van der Waals surface area contributed by atoms with Gasteiger partial charge in [-0.05, 0) is 37.1 Å². The summed E-state index contributed by atoms with van der Waals surface area (Å²) in [4.78, 5) is 16.4. The third-order valence-electron chi connectivity index (χ3n) is 4.15. The maximum atomic E-state index is 12.8. The fourth-order valence-corrected chi connectivity index (χ4v) is 2.84. The Morgan fingerprint density at radius 2 is 1.92 bits per heavy atom. The quantitative estimate of drug-likeness (QED) is 0.845. The maximum Gasteiger partial charge on any atom is 0.273 e. The molecular weight excluding hydrogens is 311 g/mol. The van der Waals surface area contributed by atoms with Gasteiger partial charge >= 0.3 is 0 Å². The number of carbonyl (C=O) groups is 1. The lowest BCUT2D eigenvalue weighted by Gasteiger charge is -2.14. The predicted octanol–water partition coefficient (Wildman–Crippen LogP) is 3.85. The van der Waals surface area contributed by atoms with Crippen molar-refractivity contribution in [2.24, 2.45) is 0 Å². The van der Waals surface area contributed by atoms with E-state index in [2.05, 4.69) is 10.3 Å². The van der Waals surface area contributed by atoms with E-state index < -0.39 is 0 Å². The topological polar surface area (TPSA) is 64.4 Å². The molecule has 128 valence electrons. The monoisotopic (exact) mass is 332 g/mol. The van der Waals surface area contributed by atoms with Gasteiger partial charge in [-0.1, -0.05) is 25.7 Å². The Hall–Kier alpha value is -2.37. The van der Waals surface area contributed by atoms with Crippen molar-refractivity contribution in [2.75, 3.05) is 0 Å². The molecule has 1 aromatic heterocycles. The van der Waals surface area contributed by atoms with Crippen molar-refractivity contribution in [1.82, 2.24) is 10.3 Å². The molecule has 0 saturated heterocycles. The van der Waals surface area contributed by atoms with Crippen molar-refractivity contribution in [3.8, 4) is 5.75 Å². The Bertz CT molecular complexity index is 661. The number of nitrogens with zero attached hydrogens (tertiary/aromatic N) is 1.